The Balaban J connectivity index is 1.33. The van der Waals surface area contributed by atoms with E-state index in [0.717, 1.165) is 11.2 Å². The molecule has 0 saturated carbocycles. The van der Waals surface area contributed by atoms with Crippen LogP contribution in [0.25, 0.3) is 0 Å². The molecule has 31 heavy (non-hydrogen) atoms. The molecule has 2 aliphatic heterocycles. The third-order valence-electron chi connectivity index (χ3n) is 6.49. The first kappa shape index (κ1) is 22.3. The smallest absolute Gasteiger partial charge is 0.490 e. The second-order valence-corrected chi connectivity index (χ2v) is 11.1. The van der Waals surface area contributed by atoms with Crippen LogP contribution in [0.3, 0.4) is 0 Å². The number of ether oxygens (including phenoxy) is 1. The summed E-state index contributed by atoms with van der Waals surface area (Å²) in [5.74, 6) is 0.768. The number of hydrogen-bond acceptors (Lipinski definition) is 5. The monoisotopic (exact) mass is 443 g/mol. The van der Waals surface area contributed by atoms with Crippen LogP contribution in [0.2, 0.25) is 0 Å². The summed E-state index contributed by atoms with van der Waals surface area (Å²) in [5.41, 5.74) is 0.205. The number of hydrogen-bond donors (Lipinski definition) is 0. The summed E-state index contributed by atoms with van der Waals surface area (Å²) >= 11 is 0. The van der Waals surface area contributed by atoms with E-state index in [1.165, 1.54) is 0 Å². The van der Waals surface area contributed by atoms with Gasteiger partial charge in [-0.05, 0) is 70.3 Å². The fourth-order valence-electron chi connectivity index (χ4n) is 3.81. The molecule has 0 N–H and O–H groups in total. The van der Waals surface area contributed by atoms with Gasteiger partial charge in [-0.25, -0.2) is 8.42 Å². The van der Waals surface area contributed by atoms with Gasteiger partial charge in [-0.3, -0.25) is 0 Å². The fourth-order valence-corrected chi connectivity index (χ4v) is 5.30. The number of benzene rings is 2. The average molecular weight is 443 g/mol. The quantitative estimate of drug-likeness (QED) is 0.664. The molecule has 0 spiro atoms. The highest BCUT2D eigenvalue weighted by Crippen LogP contribution is 2.36. The van der Waals surface area contributed by atoms with E-state index in [-0.39, 0.29) is 17.3 Å². The van der Waals surface area contributed by atoms with E-state index < -0.39 is 17.1 Å². The van der Waals surface area contributed by atoms with Gasteiger partial charge in [-0.15, -0.1) is 0 Å². The van der Waals surface area contributed by atoms with Crippen LogP contribution in [0.5, 0.6) is 5.75 Å². The Hall–Kier alpha value is -1.87. The van der Waals surface area contributed by atoms with E-state index in [0.29, 0.717) is 30.8 Å². The van der Waals surface area contributed by atoms with Crippen molar-refractivity contribution in [1.82, 2.24) is 4.31 Å². The number of rotatable bonds is 5. The predicted octanol–water partition coefficient (Wildman–Crippen LogP) is 3.22. The minimum atomic E-state index is -3.44. The Morgan fingerprint density at radius 2 is 1.45 bits per heavy atom. The van der Waals surface area contributed by atoms with Gasteiger partial charge in [0.2, 0.25) is 10.0 Å². The molecule has 4 rings (SSSR count). The van der Waals surface area contributed by atoms with E-state index >= 15 is 0 Å². The molecule has 0 aromatic heterocycles. The second kappa shape index (κ2) is 8.24. The molecule has 0 atom stereocenters. The number of sulfonamides is 1. The molecule has 2 fully saturated rings. The lowest BCUT2D eigenvalue weighted by Gasteiger charge is -2.32. The molecule has 0 aliphatic carbocycles. The molecule has 8 heteroatoms. The third kappa shape index (κ3) is 4.53. The number of nitrogens with zero attached hydrogens (tertiary/aromatic N) is 1. The molecule has 0 bridgehead atoms. The SMILES string of the molecule is CC1(C)OB(c2ccc(OC3CCN(S(=O)(=O)c4ccccc4)CC3)cc2)OC1(C)C. The standard InChI is InChI=1S/C23H30BNO5S/c1-22(2)23(3,4)30-24(29-22)18-10-12-19(13-11-18)28-20-14-16-25(17-15-20)31(26,27)21-8-6-5-7-9-21/h5-13,20H,14-17H2,1-4H3. The van der Waals surface area contributed by atoms with Crippen molar-refractivity contribution in [2.24, 2.45) is 0 Å². The molecular weight excluding hydrogens is 413 g/mol. The van der Waals surface area contributed by atoms with Crippen molar-refractivity contribution in [3.63, 3.8) is 0 Å². The zero-order valence-corrected chi connectivity index (χ0v) is 19.4. The van der Waals surface area contributed by atoms with Gasteiger partial charge in [0.25, 0.3) is 0 Å². The first-order valence-corrected chi connectivity index (χ1v) is 12.2. The van der Waals surface area contributed by atoms with Gasteiger partial charge >= 0.3 is 7.12 Å². The summed E-state index contributed by atoms with van der Waals surface area (Å²) in [6.45, 7) is 9.05. The van der Waals surface area contributed by atoms with Crippen molar-refractivity contribution in [2.45, 2.75) is 62.7 Å². The van der Waals surface area contributed by atoms with Crippen molar-refractivity contribution in [1.29, 1.82) is 0 Å². The van der Waals surface area contributed by atoms with E-state index in [1.807, 2.05) is 58.0 Å². The van der Waals surface area contributed by atoms with Gasteiger partial charge in [-0.1, -0.05) is 30.3 Å². The maximum absolute atomic E-state index is 12.8. The molecule has 2 aromatic rings. The normalized spacial score (nSPS) is 21.9. The molecule has 0 unspecified atom stereocenters. The minimum Gasteiger partial charge on any atom is -0.490 e. The first-order chi connectivity index (χ1) is 14.6. The summed E-state index contributed by atoms with van der Waals surface area (Å²) in [6, 6.07) is 16.4. The molecule has 0 radical (unpaired) electrons. The molecule has 0 amide bonds. The maximum Gasteiger partial charge on any atom is 0.494 e. The Morgan fingerprint density at radius 1 is 0.903 bits per heavy atom. The van der Waals surface area contributed by atoms with Crippen LogP contribution in [0.4, 0.5) is 0 Å². The lowest BCUT2D eigenvalue weighted by molar-refractivity contribution is 0.00578. The molecule has 2 aliphatic rings. The Morgan fingerprint density at radius 3 is 2.00 bits per heavy atom. The Bertz CT molecular complexity index is 984. The van der Waals surface area contributed by atoms with Crippen LogP contribution in [0, 0.1) is 0 Å². The molecule has 2 heterocycles. The van der Waals surface area contributed by atoms with Crippen LogP contribution in [-0.4, -0.2) is 50.2 Å². The fraction of sp³-hybridized carbons (Fsp3) is 0.478. The van der Waals surface area contributed by atoms with Crippen LogP contribution < -0.4 is 10.2 Å². The molecule has 6 nitrogen and oxygen atoms in total. The van der Waals surface area contributed by atoms with Crippen molar-refractivity contribution in [3.8, 4) is 5.75 Å². The van der Waals surface area contributed by atoms with Crippen molar-refractivity contribution in [3.05, 3.63) is 54.6 Å². The lowest BCUT2D eigenvalue weighted by atomic mass is 9.79. The van der Waals surface area contributed by atoms with Crippen molar-refractivity contribution >= 4 is 22.6 Å². The summed E-state index contributed by atoms with van der Waals surface area (Å²) in [6.07, 6.45) is 1.31. The van der Waals surface area contributed by atoms with Gasteiger partial charge in [0.05, 0.1) is 16.1 Å². The van der Waals surface area contributed by atoms with Gasteiger partial charge in [0.1, 0.15) is 11.9 Å². The van der Waals surface area contributed by atoms with Gasteiger partial charge < -0.3 is 14.0 Å². The van der Waals surface area contributed by atoms with Crippen molar-refractivity contribution in [2.75, 3.05) is 13.1 Å². The van der Waals surface area contributed by atoms with Crippen molar-refractivity contribution < 1.29 is 22.5 Å². The largest absolute Gasteiger partial charge is 0.494 e. The van der Waals surface area contributed by atoms with Crippen LogP contribution in [0.1, 0.15) is 40.5 Å². The minimum absolute atomic E-state index is 0.00933. The zero-order chi connectivity index (χ0) is 22.3. The molecule has 166 valence electrons. The van der Waals surface area contributed by atoms with Gasteiger partial charge in [0.15, 0.2) is 0 Å². The highest BCUT2D eigenvalue weighted by molar-refractivity contribution is 7.89. The van der Waals surface area contributed by atoms with E-state index in [4.69, 9.17) is 14.0 Å². The zero-order valence-electron chi connectivity index (χ0n) is 18.6. The van der Waals surface area contributed by atoms with Gasteiger partial charge in [-0.2, -0.15) is 4.31 Å². The van der Waals surface area contributed by atoms with E-state index in [2.05, 4.69) is 0 Å². The Labute approximate surface area is 185 Å². The topological polar surface area (TPSA) is 65.1 Å². The second-order valence-electron chi connectivity index (χ2n) is 9.19. The van der Waals surface area contributed by atoms with Crippen LogP contribution in [-0.2, 0) is 19.3 Å². The molecule has 2 saturated heterocycles. The summed E-state index contributed by atoms with van der Waals surface area (Å²) in [5, 5.41) is 0. The Kier molecular flexibility index (Phi) is 5.94. The maximum atomic E-state index is 12.8. The van der Waals surface area contributed by atoms with Gasteiger partial charge in [0, 0.05) is 13.1 Å². The molecular formula is C23H30BNO5S. The first-order valence-electron chi connectivity index (χ1n) is 10.8. The molecule has 2 aromatic carbocycles. The van der Waals surface area contributed by atoms with E-state index in [9.17, 15) is 8.42 Å². The summed E-state index contributed by atoms with van der Waals surface area (Å²) in [4.78, 5) is 0.340. The van der Waals surface area contributed by atoms with Crippen LogP contribution in [0.15, 0.2) is 59.5 Å². The summed E-state index contributed by atoms with van der Waals surface area (Å²) < 4.78 is 45.4. The third-order valence-corrected chi connectivity index (χ3v) is 8.40. The highest BCUT2D eigenvalue weighted by Gasteiger charge is 2.51. The van der Waals surface area contributed by atoms with Crippen LogP contribution >= 0.6 is 0 Å². The summed E-state index contributed by atoms with van der Waals surface area (Å²) in [7, 11) is -3.84. The van der Waals surface area contributed by atoms with E-state index in [1.54, 1.807) is 28.6 Å². The average Bonchev–Trinajstić information content (AvgIpc) is 2.97. The predicted molar refractivity (Wildman–Crippen MR) is 121 cm³/mol. The lowest BCUT2D eigenvalue weighted by Crippen LogP contribution is -2.41. The highest BCUT2D eigenvalue weighted by atomic mass is 32.2. The number of piperidine rings is 1.